The van der Waals surface area contributed by atoms with Gasteiger partial charge in [0, 0.05) is 17.5 Å². The first-order valence-corrected chi connectivity index (χ1v) is 7.09. The zero-order valence-corrected chi connectivity index (χ0v) is 11.9. The zero-order valence-electron chi connectivity index (χ0n) is 11.9. The summed E-state index contributed by atoms with van der Waals surface area (Å²) in [5.41, 5.74) is 4.18. The van der Waals surface area contributed by atoms with Gasteiger partial charge in [-0.15, -0.1) is 0 Å². The molecule has 3 heteroatoms. The Labute approximate surface area is 119 Å². The topological polar surface area (TPSA) is 42.2 Å². The van der Waals surface area contributed by atoms with E-state index < -0.39 is 0 Å². The fourth-order valence-corrected chi connectivity index (χ4v) is 2.87. The normalized spacial score (nSPS) is 17.6. The predicted octanol–water partition coefficient (Wildman–Crippen LogP) is 3.70. The summed E-state index contributed by atoms with van der Waals surface area (Å²) in [6.07, 6.45) is 4.80. The molecule has 1 atom stereocenters. The predicted molar refractivity (Wildman–Crippen MR) is 77.8 cm³/mol. The Bertz CT molecular complexity index is 625. The van der Waals surface area contributed by atoms with Crippen LogP contribution >= 0.6 is 0 Å². The maximum atomic E-state index is 12.3. The molecule has 3 rings (SSSR count). The summed E-state index contributed by atoms with van der Waals surface area (Å²) in [7, 11) is 0. The Morgan fingerprint density at radius 2 is 2.00 bits per heavy atom. The molecule has 1 aliphatic carbocycles. The Morgan fingerprint density at radius 3 is 2.75 bits per heavy atom. The molecule has 0 radical (unpaired) electrons. The van der Waals surface area contributed by atoms with E-state index in [4.69, 9.17) is 4.42 Å². The van der Waals surface area contributed by atoms with Gasteiger partial charge in [0.2, 0.25) is 0 Å². The molecule has 1 aromatic carbocycles. The van der Waals surface area contributed by atoms with Gasteiger partial charge in [0.15, 0.2) is 0 Å². The average molecular weight is 269 g/mol. The van der Waals surface area contributed by atoms with Gasteiger partial charge in [-0.1, -0.05) is 17.7 Å². The minimum Gasteiger partial charge on any atom is -0.469 e. The summed E-state index contributed by atoms with van der Waals surface area (Å²) in [6, 6.07) is 7.74. The van der Waals surface area contributed by atoms with E-state index in [9.17, 15) is 4.79 Å². The van der Waals surface area contributed by atoms with Crippen molar-refractivity contribution in [2.24, 2.45) is 0 Å². The first-order chi connectivity index (χ1) is 9.65. The molecule has 1 unspecified atom stereocenters. The molecule has 0 bridgehead atoms. The number of hydrogen-bond donors (Lipinski definition) is 1. The van der Waals surface area contributed by atoms with E-state index in [-0.39, 0.29) is 11.9 Å². The molecule has 0 aliphatic heterocycles. The van der Waals surface area contributed by atoms with Crippen molar-refractivity contribution in [3.05, 3.63) is 58.5 Å². The van der Waals surface area contributed by atoms with Crippen molar-refractivity contribution in [1.29, 1.82) is 0 Å². The summed E-state index contributed by atoms with van der Waals surface area (Å²) < 4.78 is 5.57. The lowest BCUT2D eigenvalue weighted by Crippen LogP contribution is -2.30. The number of carbonyl (C=O) groups excluding carboxylic acids is 1. The molecule has 1 amide bonds. The van der Waals surface area contributed by atoms with E-state index in [2.05, 4.69) is 5.32 Å². The molecule has 0 fully saturated rings. The minimum absolute atomic E-state index is 0.0107. The van der Waals surface area contributed by atoms with E-state index in [0.717, 1.165) is 36.1 Å². The molecule has 1 heterocycles. The number of nitrogens with one attached hydrogen (secondary N) is 1. The minimum atomic E-state index is -0.0107. The second kappa shape index (κ2) is 5.16. The summed E-state index contributed by atoms with van der Waals surface area (Å²) in [4.78, 5) is 12.3. The second-order valence-electron chi connectivity index (χ2n) is 5.54. The smallest absolute Gasteiger partial charge is 0.251 e. The van der Waals surface area contributed by atoms with E-state index in [0.29, 0.717) is 5.56 Å². The third-order valence-electron chi connectivity index (χ3n) is 3.97. The lowest BCUT2D eigenvalue weighted by molar-refractivity contribution is 0.0932. The highest BCUT2D eigenvalue weighted by Gasteiger charge is 2.26. The van der Waals surface area contributed by atoms with Crippen LogP contribution in [0.1, 0.15) is 51.7 Å². The van der Waals surface area contributed by atoms with Gasteiger partial charge >= 0.3 is 0 Å². The number of carbonyl (C=O) groups is 1. The molecule has 104 valence electrons. The summed E-state index contributed by atoms with van der Waals surface area (Å²) in [6.45, 7) is 4.06. The molecule has 3 nitrogen and oxygen atoms in total. The quantitative estimate of drug-likeness (QED) is 0.903. The van der Waals surface area contributed by atoms with Crippen molar-refractivity contribution >= 4 is 5.91 Å². The van der Waals surface area contributed by atoms with Gasteiger partial charge in [-0.3, -0.25) is 4.79 Å². The molecule has 20 heavy (non-hydrogen) atoms. The summed E-state index contributed by atoms with van der Waals surface area (Å²) >= 11 is 0. The lowest BCUT2D eigenvalue weighted by atomic mass is 9.90. The van der Waals surface area contributed by atoms with Crippen LogP contribution in [0.2, 0.25) is 0 Å². The van der Waals surface area contributed by atoms with Crippen LogP contribution in [0.5, 0.6) is 0 Å². The standard InChI is InChI=1S/C17H19NO2/c1-11-6-8-13(9-7-11)17(19)18-14-4-3-5-15-16(14)12(2)10-20-15/h6-10,14H,3-5H2,1-2H3,(H,18,19). The van der Waals surface area contributed by atoms with Crippen molar-refractivity contribution < 1.29 is 9.21 Å². The first-order valence-electron chi connectivity index (χ1n) is 7.09. The highest BCUT2D eigenvalue weighted by molar-refractivity contribution is 5.94. The van der Waals surface area contributed by atoms with Gasteiger partial charge in [0.05, 0.1) is 12.3 Å². The van der Waals surface area contributed by atoms with Gasteiger partial charge < -0.3 is 9.73 Å². The van der Waals surface area contributed by atoms with Crippen LogP contribution in [0.3, 0.4) is 0 Å². The fourth-order valence-electron chi connectivity index (χ4n) is 2.87. The highest BCUT2D eigenvalue weighted by Crippen LogP contribution is 2.33. The van der Waals surface area contributed by atoms with Gasteiger partial charge in [-0.05, 0) is 44.4 Å². The lowest BCUT2D eigenvalue weighted by Gasteiger charge is -2.23. The molecule has 2 aromatic rings. The van der Waals surface area contributed by atoms with E-state index in [1.165, 1.54) is 5.56 Å². The van der Waals surface area contributed by atoms with Crippen LogP contribution in [0, 0.1) is 13.8 Å². The van der Waals surface area contributed by atoms with Crippen LogP contribution in [0.4, 0.5) is 0 Å². The Balaban J connectivity index is 1.80. The van der Waals surface area contributed by atoms with Crippen molar-refractivity contribution in [1.82, 2.24) is 5.32 Å². The maximum Gasteiger partial charge on any atom is 0.251 e. The number of fused-ring (bicyclic) bond motifs is 1. The van der Waals surface area contributed by atoms with Gasteiger partial charge in [0.1, 0.15) is 5.76 Å². The van der Waals surface area contributed by atoms with Gasteiger partial charge in [-0.25, -0.2) is 0 Å². The van der Waals surface area contributed by atoms with Gasteiger partial charge in [0.25, 0.3) is 5.91 Å². The van der Waals surface area contributed by atoms with Crippen LogP contribution in [0.15, 0.2) is 34.9 Å². The molecule has 0 spiro atoms. The largest absolute Gasteiger partial charge is 0.469 e. The fraction of sp³-hybridized carbons (Fsp3) is 0.353. The van der Waals surface area contributed by atoms with Crippen LogP contribution in [-0.4, -0.2) is 5.91 Å². The zero-order chi connectivity index (χ0) is 14.1. The third-order valence-corrected chi connectivity index (χ3v) is 3.97. The number of benzene rings is 1. The van der Waals surface area contributed by atoms with E-state index >= 15 is 0 Å². The van der Waals surface area contributed by atoms with E-state index in [1.54, 1.807) is 6.26 Å². The summed E-state index contributed by atoms with van der Waals surface area (Å²) in [5.74, 6) is 1.02. The number of furan rings is 1. The molecular weight excluding hydrogens is 250 g/mol. The summed E-state index contributed by atoms with van der Waals surface area (Å²) in [5, 5.41) is 3.14. The first kappa shape index (κ1) is 13.0. The second-order valence-corrected chi connectivity index (χ2v) is 5.54. The maximum absolute atomic E-state index is 12.3. The van der Waals surface area contributed by atoms with Crippen molar-refractivity contribution in [3.63, 3.8) is 0 Å². The molecule has 0 saturated carbocycles. The van der Waals surface area contributed by atoms with Crippen LogP contribution < -0.4 is 5.32 Å². The van der Waals surface area contributed by atoms with E-state index in [1.807, 2.05) is 38.1 Å². The molecule has 1 aliphatic rings. The molecule has 0 saturated heterocycles. The number of hydrogen-bond acceptors (Lipinski definition) is 2. The van der Waals surface area contributed by atoms with Crippen LogP contribution in [0.25, 0.3) is 0 Å². The highest BCUT2D eigenvalue weighted by atomic mass is 16.3. The SMILES string of the molecule is Cc1ccc(C(=O)NC2CCCc3occ(C)c32)cc1. The van der Waals surface area contributed by atoms with Crippen molar-refractivity contribution in [2.45, 2.75) is 39.2 Å². The van der Waals surface area contributed by atoms with Crippen molar-refractivity contribution in [2.75, 3.05) is 0 Å². The number of aryl methyl sites for hydroxylation is 3. The van der Waals surface area contributed by atoms with Crippen molar-refractivity contribution in [3.8, 4) is 0 Å². The third kappa shape index (κ3) is 2.36. The number of rotatable bonds is 2. The monoisotopic (exact) mass is 269 g/mol. The average Bonchev–Trinajstić information content (AvgIpc) is 2.82. The van der Waals surface area contributed by atoms with Crippen LogP contribution in [-0.2, 0) is 6.42 Å². The molecule has 1 aromatic heterocycles. The Kier molecular flexibility index (Phi) is 3.35. The number of amides is 1. The Hall–Kier alpha value is -2.03. The molecular formula is C17H19NO2. The molecule has 1 N–H and O–H groups in total. The Morgan fingerprint density at radius 1 is 1.25 bits per heavy atom. The van der Waals surface area contributed by atoms with Gasteiger partial charge in [-0.2, -0.15) is 0 Å².